The Kier molecular flexibility index (Phi) is 4.13. The van der Waals surface area contributed by atoms with Gasteiger partial charge in [-0.05, 0) is 11.5 Å². The molecule has 0 bridgehead atoms. The average Bonchev–Trinajstić information content (AvgIpc) is 2.99. The predicted molar refractivity (Wildman–Crippen MR) is 83.1 cm³/mol. The number of carbonyl (C=O) groups excluding carboxylic acids is 1. The van der Waals surface area contributed by atoms with Gasteiger partial charge in [0, 0.05) is 23.7 Å². The van der Waals surface area contributed by atoms with E-state index in [9.17, 15) is 4.79 Å². The average molecular weight is 299 g/mol. The number of nitrogens with zero attached hydrogens (tertiary/aromatic N) is 2. The van der Waals surface area contributed by atoms with Crippen LogP contribution in [0.1, 0.15) is 30.7 Å². The second kappa shape index (κ2) is 6.22. The van der Waals surface area contributed by atoms with E-state index in [0.29, 0.717) is 19.1 Å². The first-order valence-electron chi connectivity index (χ1n) is 7.63. The summed E-state index contributed by atoms with van der Waals surface area (Å²) in [5.74, 6) is 0.362. The zero-order chi connectivity index (χ0) is 15.5. The minimum Gasteiger partial charge on any atom is -0.445 e. The smallest absolute Gasteiger partial charge is 0.410 e. The molecule has 1 aromatic heterocycles. The normalized spacial score (nSPS) is 17.4. The number of carbonyl (C=O) groups is 1. The molecule has 1 aliphatic heterocycles. The van der Waals surface area contributed by atoms with Gasteiger partial charge in [-0.15, -0.1) is 0 Å². The molecule has 0 spiro atoms. The second-order valence-corrected chi connectivity index (χ2v) is 6.06. The number of hydrogen-bond donors (Lipinski definition) is 1. The third-order valence-electron chi connectivity index (χ3n) is 4.17. The molecule has 116 valence electrons. The summed E-state index contributed by atoms with van der Waals surface area (Å²) in [6.45, 7) is 5.12. The molecule has 1 N–H and O–H groups in total. The van der Waals surface area contributed by atoms with Crippen molar-refractivity contribution in [2.45, 2.75) is 39.5 Å². The van der Waals surface area contributed by atoms with Gasteiger partial charge in [0.25, 0.3) is 0 Å². The van der Waals surface area contributed by atoms with Crippen LogP contribution in [0.4, 0.5) is 4.79 Å². The fourth-order valence-corrected chi connectivity index (χ4v) is 2.87. The number of nitrogens with one attached hydrogen (secondary N) is 1. The Hall–Kier alpha value is -2.30. The van der Waals surface area contributed by atoms with Gasteiger partial charge in [-0.25, -0.2) is 4.79 Å². The molecular formula is C17H21N3O2. The van der Waals surface area contributed by atoms with Crippen molar-refractivity contribution in [2.75, 3.05) is 0 Å². The molecule has 1 amide bonds. The van der Waals surface area contributed by atoms with Crippen LogP contribution in [0.3, 0.4) is 0 Å². The summed E-state index contributed by atoms with van der Waals surface area (Å²) in [6, 6.07) is 9.88. The predicted octanol–water partition coefficient (Wildman–Crippen LogP) is 3.13. The molecule has 5 nitrogen and oxygen atoms in total. The molecule has 5 heteroatoms. The lowest BCUT2D eigenvalue weighted by Gasteiger charge is -2.36. The van der Waals surface area contributed by atoms with E-state index < -0.39 is 0 Å². The van der Waals surface area contributed by atoms with Crippen LogP contribution >= 0.6 is 0 Å². The van der Waals surface area contributed by atoms with E-state index in [1.807, 2.05) is 35.2 Å². The Labute approximate surface area is 130 Å². The Morgan fingerprint density at radius 3 is 2.91 bits per heavy atom. The highest BCUT2D eigenvalue weighted by atomic mass is 16.6. The highest BCUT2D eigenvalue weighted by molar-refractivity contribution is 5.68. The van der Waals surface area contributed by atoms with Crippen LogP contribution in [0.25, 0.3) is 0 Å². The fraction of sp³-hybridized carbons (Fsp3) is 0.412. The molecule has 3 rings (SSSR count). The minimum absolute atomic E-state index is 0.135. The summed E-state index contributed by atoms with van der Waals surface area (Å²) < 4.78 is 5.50. The zero-order valence-electron chi connectivity index (χ0n) is 13.0. The van der Waals surface area contributed by atoms with Crippen molar-refractivity contribution in [3.63, 3.8) is 0 Å². The van der Waals surface area contributed by atoms with Gasteiger partial charge < -0.3 is 9.64 Å². The van der Waals surface area contributed by atoms with E-state index in [1.54, 1.807) is 6.20 Å². The Balaban J connectivity index is 1.70. The number of benzene rings is 1. The molecule has 22 heavy (non-hydrogen) atoms. The first-order valence-corrected chi connectivity index (χ1v) is 7.63. The topological polar surface area (TPSA) is 58.2 Å². The SMILES string of the molecule is CC(C)C1Cc2[nH]ncc2CN1C(=O)OCc1ccccc1. The van der Waals surface area contributed by atoms with Crippen molar-refractivity contribution in [2.24, 2.45) is 5.92 Å². The minimum atomic E-state index is -0.255. The van der Waals surface area contributed by atoms with Gasteiger partial charge in [0.05, 0.1) is 12.7 Å². The summed E-state index contributed by atoms with van der Waals surface area (Å²) in [7, 11) is 0. The molecular weight excluding hydrogens is 278 g/mol. The van der Waals surface area contributed by atoms with Crippen molar-refractivity contribution in [1.82, 2.24) is 15.1 Å². The van der Waals surface area contributed by atoms with Crippen LogP contribution in [0.15, 0.2) is 36.5 Å². The highest BCUT2D eigenvalue weighted by Gasteiger charge is 2.33. The molecule has 1 aliphatic rings. The monoisotopic (exact) mass is 299 g/mol. The van der Waals surface area contributed by atoms with E-state index >= 15 is 0 Å². The largest absolute Gasteiger partial charge is 0.445 e. The zero-order valence-corrected chi connectivity index (χ0v) is 13.0. The Bertz CT molecular complexity index is 636. The molecule has 0 saturated carbocycles. The van der Waals surface area contributed by atoms with Gasteiger partial charge in [0.2, 0.25) is 0 Å². The van der Waals surface area contributed by atoms with E-state index in [0.717, 1.165) is 23.2 Å². The van der Waals surface area contributed by atoms with Crippen LogP contribution in [-0.4, -0.2) is 27.2 Å². The molecule has 0 radical (unpaired) electrons. The number of aromatic amines is 1. The molecule has 1 atom stereocenters. The molecule has 2 aromatic rings. The number of amides is 1. The van der Waals surface area contributed by atoms with Crippen molar-refractivity contribution < 1.29 is 9.53 Å². The van der Waals surface area contributed by atoms with Crippen LogP contribution < -0.4 is 0 Å². The van der Waals surface area contributed by atoms with E-state index in [1.165, 1.54) is 0 Å². The summed E-state index contributed by atoms with van der Waals surface area (Å²) in [6.07, 6.45) is 2.34. The number of hydrogen-bond acceptors (Lipinski definition) is 3. The quantitative estimate of drug-likeness (QED) is 0.947. The summed E-state index contributed by atoms with van der Waals surface area (Å²) in [4.78, 5) is 14.3. The Morgan fingerprint density at radius 2 is 2.18 bits per heavy atom. The second-order valence-electron chi connectivity index (χ2n) is 6.06. The highest BCUT2D eigenvalue weighted by Crippen LogP contribution is 2.26. The van der Waals surface area contributed by atoms with Gasteiger partial charge in [-0.1, -0.05) is 44.2 Å². The number of aromatic nitrogens is 2. The van der Waals surface area contributed by atoms with Gasteiger partial charge in [-0.2, -0.15) is 5.10 Å². The maximum atomic E-state index is 12.5. The summed E-state index contributed by atoms with van der Waals surface area (Å²) >= 11 is 0. The van der Waals surface area contributed by atoms with Crippen LogP contribution in [0.5, 0.6) is 0 Å². The van der Waals surface area contributed by atoms with Crippen molar-refractivity contribution in [3.8, 4) is 0 Å². The van der Waals surface area contributed by atoms with Crippen LogP contribution in [0.2, 0.25) is 0 Å². The molecule has 0 saturated heterocycles. The molecule has 0 fully saturated rings. The van der Waals surface area contributed by atoms with Crippen molar-refractivity contribution >= 4 is 6.09 Å². The Morgan fingerprint density at radius 1 is 1.41 bits per heavy atom. The van der Waals surface area contributed by atoms with Crippen LogP contribution in [0, 0.1) is 5.92 Å². The van der Waals surface area contributed by atoms with E-state index in [4.69, 9.17) is 4.74 Å². The van der Waals surface area contributed by atoms with Gasteiger partial charge in [0.1, 0.15) is 6.61 Å². The van der Waals surface area contributed by atoms with Crippen molar-refractivity contribution in [1.29, 1.82) is 0 Å². The molecule has 2 heterocycles. The maximum Gasteiger partial charge on any atom is 0.410 e. The lowest BCUT2D eigenvalue weighted by Crippen LogP contribution is -2.47. The number of H-pyrrole nitrogens is 1. The van der Waals surface area contributed by atoms with E-state index in [2.05, 4.69) is 24.0 Å². The number of rotatable bonds is 3. The van der Waals surface area contributed by atoms with Gasteiger partial charge in [-0.3, -0.25) is 5.10 Å². The number of ether oxygens (including phenoxy) is 1. The maximum absolute atomic E-state index is 12.5. The van der Waals surface area contributed by atoms with E-state index in [-0.39, 0.29) is 12.1 Å². The summed E-state index contributed by atoms with van der Waals surface area (Å²) in [5, 5.41) is 7.11. The number of fused-ring (bicyclic) bond motifs is 1. The first kappa shape index (κ1) is 14.6. The van der Waals surface area contributed by atoms with Gasteiger partial charge in [0.15, 0.2) is 0 Å². The fourth-order valence-electron chi connectivity index (χ4n) is 2.87. The molecule has 0 aliphatic carbocycles. The lowest BCUT2D eigenvalue weighted by atomic mass is 9.92. The third-order valence-corrected chi connectivity index (χ3v) is 4.17. The molecule has 1 unspecified atom stereocenters. The third kappa shape index (κ3) is 2.98. The van der Waals surface area contributed by atoms with Crippen LogP contribution in [-0.2, 0) is 24.3 Å². The summed E-state index contributed by atoms with van der Waals surface area (Å²) in [5.41, 5.74) is 3.21. The van der Waals surface area contributed by atoms with Gasteiger partial charge >= 0.3 is 6.09 Å². The lowest BCUT2D eigenvalue weighted by molar-refractivity contribution is 0.0621. The standard InChI is InChI=1S/C17H21N3O2/c1-12(2)16-8-15-14(9-18-19-15)10-20(16)17(21)22-11-13-6-4-3-5-7-13/h3-7,9,12,16H,8,10-11H2,1-2H3,(H,18,19). The van der Waals surface area contributed by atoms with Crippen molar-refractivity contribution in [3.05, 3.63) is 53.3 Å². The molecule has 1 aromatic carbocycles. The first-order chi connectivity index (χ1) is 10.6.